The highest BCUT2D eigenvalue weighted by Gasteiger charge is 2.32. The summed E-state index contributed by atoms with van der Waals surface area (Å²) in [7, 11) is 0. The summed E-state index contributed by atoms with van der Waals surface area (Å²) >= 11 is 0. The van der Waals surface area contributed by atoms with Crippen LogP contribution in [0.4, 0.5) is 0 Å². The van der Waals surface area contributed by atoms with E-state index in [9.17, 15) is 9.59 Å². The van der Waals surface area contributed by atoms with E-state index in [0.717, 1.165) is 0 Å². The smallest absolute Gasteiger partial charge is 0.267 e. The van der Waals surface area contributed by atoms with Crippen molar-refractivity contribution in [3.8, 4) is 0 Å². The van der Waals surface area contributed by atoms with Crippen molar-refractivity contribution in [2.45, 2.75) is 33.7 Å². The van der Waals surface area contributed by atoms with E-state index in [1.54, 1.807) is 34.3 Å². The number of hydrazine groups is 1. The molecular weight excluding hydrogens is 312 g/mol. The summed E-state index contributed by atoms with van der Waals surface area (Å²) in [4.78, 5) is 26.2. The largest absolute Gasteiger partial charge is 0.272 e. The highest BCUT2D eigenvalue weighted by atomic mass is 16.2. The second kappa shape index (κ2) is 8.47. The zero-order valence-corrected chi connectivity index (χ0v) is 15.3. The Labute approximate surface area is 150 Å². The molecular formula is C21H26N2O2. The van der Waals surface area contributed by atoms with E-state index in [0.29, 0.717) is 17.7 Å². The molecule has 0 saturated heterocycles. The van der Waals surface area contributed by atoms with Gasteiger partial charge >= 0.3 is 0 Å². The van der Waals surface area contributed by atoms with Crippen LogP contribution in [0, 0.1) is 5.92 Å². The first-order valence-corrected chi connectivity index (χ1v) is 8.72. The third-order valence-electron chi connectivity index (χ3n) is 4.39. The number of amides is 2. The molecule has 0 aliphatic carbocycles. The van der Waals surface area contributed by atoms with Crippen LogP contribution in [0.15, 0.2) is 60.7 Å². The predicted molar refractivity (Wildman–Crippen MR) is 100 cm³/mol. The fourth-order valence-electron chi connectivity index (χ4n) is 2.63. The first-order chi connectivity index (χ1) is 12.0. The highest BCUT2D eigenvalue weighted by Crippen LogP contribution is 2.19. The van der Waals surface area contributed by atoms with Crippen LogP contribution in [0.1, 0.15) is 48.4 Å². The molecule has 0 aliphatic heterocycles. The molecule has 0 bridgehead atoms. The van der Waals surface area contributed by atoms with Gasteiger partial charge in [-0.15, -0.1) is 0 Å². The Morgan fingerprint density at radius 2 is 1.24 bits per heavy atom. The zero-order chi connectivity index (χ0) is 18.4. The molecule has 0 radical (unpaired) electrons. The summed E-state index contributed by atoms with van der Waals surface area (Å²) in [5.41, 5.74) is 1.15. The maximum absolute atomic E-state index is 13.2. The Morgan fingerprint density at radius 1 is 0.800 bits per heavy atom. The number of nitrogens with zero attached hydrogens (tertiary/aromatic N) is 2. The molecule has 0 spiro atoms. The lowest BCUT2D eigenvalue weighted by Crippen LogP contribution is -2.55. The van der Waals surface area contributed by atoms with E-state index < -0.39 is 0 Å². The Morgan fingerprint density at radius 3 is 1.64 bits per heavy atom. The highest BCUT2D eigenvalue weighted by molar-refractivity contribution is 5.99. The number of hydrogen-bond donors (Lipinski definition) is 0. The van der Waals surface area contributed by atoms with E-state index in [1.807, 2.05) is 50.2 Å². The van der Waals surface area contributed by atoms with Gasteiger partial charge in [-0.25, -0.2) is 10.0 Å². The summed E-state index contributed by atoms with van der Waals surface area (Å²) in [6.07, 6.45) is 0. The number of carbonyl (C=O) groups excluding carboxylic acids is 2. The predicted octanol–water partition coefficient (Wildman–Crippen LogP) is 4.25. The van der Waals surface area contributed by atoms with Gasteiger partial charge in [0.2, 0.25) is 0 Å². The molecule has 0 saturated carbocycles. The van der Waals surface area contributed by atoms with Crippen molar-refractivity contribution in [3.05, 3.63) is 71.8 Å². The van der Waals surface area contributed by atoms with Crippen LogP contribution >= 0.6 is 0 Å². The summed E-state index contributed by atoms with van der Waals surface area (Å²) < 4.78 is 0. The molecule has 1 atom stereocenters. The second-order valence-corrected chi connectivity index (χ2v) is 6.39. The third kappa shape index (κ3) is 4.27. The molecule has 0 heterocycles. The van der Waals surface area contributed by atoms with Crippen molar-refractivity contribution in [2.75, 3.05) is 6.54 Å². The van der Waals surface area contributed by atoms with Gasteiger partial charge in [-0.1, -0.05) is 50.2 Å². The second-order valence-electron chi connectivity index (χ2n) is 6.39. The minimum Gasteiger partial charge on any atom is -0.267 e. The van der Waals surface area contributed by atoms with E-state index >= 15 is 0 Å². The lowest BCUT2D eigenvalue weighted by Gasteiger charge is -2.40. The number of hydrogen-bond acceptors (Lipinski definition) is 2. The first-order valence-electron chi connectivity index (χ1n) is 8.72. The van der Waals surface area contributed by atoms with Crippen LogP contribution < -0.4 is 0 Å². The molecule has 25 heavy (non-hydrogen) atoms. The van der Waals surface area contributed by atoms with E-state index in [1.165, 1.54) is 0 Å². The molecule has 0 N–H and O–H groups in total. The van der Waals surface area contributed by atoms with E-state index in [-0.39, 0.29) is 23.8 Å². The Hall–Kier alpha value is -2.62. The standard InChI is InChI=1S/C21H26N2O2/c1-5-22(20(24)18-12-8-6-9-13-18)23(17(4)16(2)3)21(25)19-14-10-7-11-15-19/h6-17H,5H2,1-4H3. The topological polar surface area (TPSA) is 40.6 Å². The molecule has 2 rings (SSSR count). The minimum atomic E-state index is -0.167. The quantitative estimate of drug-likeness (QED) is 0.765. The molecule has 4 nitrogen and oxygen atoms in total. The van der Waals surface area contributed by atoms with Crippen LogP contribution in [-0.2, 0) is 0 Å². The molecule has 0 aromatic heterocycles. The van der Waals surface area contributed by atoms with Crippen molar-refractivity contribution in [3.63, 3.8) is 0 Å². The van der Waals surface area contributed by atoms with Crippen molar-refractivity contribution in [1.29, 1.82) is 0 Å². The maximum atomic E-state index is 13.2. The zero-order valence-electron chi connectivity index (χ0n) is 15.3. The van der Waals surface area contributed by atoms with Gasteiger partial charge in [-0.2, -0.15) is 0 Å². The lowest BCUT2D eigenvalue weighted by atomic mass is 10.0. The molecule has 1 unspecified atom stereocenters. The summed E-state index contributed by atoms with van der Waals surface area (Å²) in [6, 6.07) is 18.1. The molecule has 2 aromatic rings. The van der Waals surface area contributed by atoms with Crippen LogP contribution in [0.3, 0.4) is 0 Å². The first kappa shape index (κ1) is 18.7. The average Bonchev–Trinajstić information content (AvgIpc) is 2.65. The van der Waals surface area contributed by atoms with Crippen LogP contribution in [-0.4, -0.2) is 34.4 Å². The van der Waals surface area contributed by atoms with Crippen LogP contribution in [0.25, 0.3) is 0 Å². The Kier molecular flexibility index (Phi) is 6.34. The minimum absolute atomic E-state index is 0.111. The molecule has 0 aliphatic rings. The fourth-order valence-corrected chi connectivity index (χ4v) is 2.63. The van der Waals surface area contributed by atoms with Gasteiger partial charge in [0.15, 0.2) is 0 Å². The normalized spacial score (nSPS) is 11.9. The van der Waals surface area contributed by atoms with Crippen LogP contribution in [0.2, 0.25) is 0 Å². The molecule has 2 amide bonds. The van der Waals surface area contributed by atoms with Gasteiger partial charge in [0.05, 0.1) is 6.04 Å². The number of carbonyl (C=O) groups is 2. The van der Waals surface area contributed by atoms with Crippen LogP contribution in [0.5, 0.6) is 0 Å². The van der Waals surface area contributed by atoms with Crippen molar-refractivity contribution < 1.29 is 9.59 Å². The van der Waals surface area contributed by atoms with Gasteiger partial charge in [0.25, 0.3) is 11.8 Å². The summed E-state index contributed by atoms with van der Waals surface area (Å²) in [6.45, 7) is 8.39. The van der Waals surface area contributed by atoms with Gasteiger partial charge in [-0.05, 0) is 44.0 Å². The van der Waals surface area contributed by atoms with Gasteiger partial charge in [0.1, 0.15) is 0 Å². The molecule has 4 heteroatoms. The average molecular weight is 338 g/mol. The van der Waals surface area contributed by atoms with E-state index in [4.69, 9.17) is 0 Å². The monoisotopic (exact) mass is 338 g/mol. The third-order valence-corrected chi connectivity index (χ3v) is 4.39. The Balaban J connectivity index is 2.42. The molecule has 0 fully saturated rings. The van der Waals surface area contributed by atoms with Crippen molar-refractivity contribution in [2.24, 2.45) is 5.92 Å². The van der Waals surface area contributed by atoms with E-state index in [2.05, 4.69) is 13.8 Å². The SMILES string of the molecule is CCN(C(=O)c1ccccc1)N(C(=O)c1ccccc1)C(C)C(C)C. The van der Waals surface area contributed by atoms with Gasteiger partial charge in [0, 0.05) is 17.7 Å². The number of benzene rings is 2. The van der Waals surface area contributed by atoms with Crippen molar-refractivity contribution in [1.82, 2.24) is 10.0 Å². The van der Waals surface area contributed by atoms with Crippen molar-refractivity contribution >= 4 is 11.8 Å². The van der Waals surface area contributed by atoms with Gasteiger partial charge in [-0.3, -0.25) is 9.59 Å². The number of rotatable bonds is 5. The maximum Gasteiger partial charge on any atom is 0.272 e. The fraction of sp³-hybridized carbons (Fsp3) is 0.333. The van der Waals surface area contributed by atoms with Gasteiger partial charge < -0.3 is 0 Å². The summed E-state index contributed by atoms with van der Waals surface area (Å²) in [5.74, 6) is -0.113. The molecule has 2 aromatic carbocycles. The molecule has 132 valence electrons. The summed E-state index contributed by atoms with van der Waals surface area (Å²) in [5, 5.41) is 3.16. The Bertz CT molecular complexity index is 698. The lowest BCUT2D eigenvalue weighted by molar-refractivity contribution is -0.0265.